The number of carbonyl (C=O) groups is 1. The number of benzene rings is 1. The van der Waals surface area contributed by atoms with Crippen LogP contribution in [0.5, 0.6) is 0 Å². The van der Waals surface area contributed by atoms with Crippen molar-refractivity contribution in [3.05, 3.63) is 35.4 Å². The van der Waals surface area contributed by atoms with E-state index in [4.69, 9.17) is 4.79 Å². The number of methoxy groups -OCH3 is 1. The van der Waals surface area contributed by atoms with E-state index in [0.717, 1.165) is 0 Å². The lowest BCUT2D eigenvalue weighted by Gasteiger charge is -1.90. The van der Waals surface area contributed by atoms with Crippen LogP contribution in [0.2, 0.25) is 0 Å². The minimum atomic E-state index is 0.375. The first-order valence-electron chi connectivity index (χ1n) is 4.70. The van der Waals surface area contributed by atoms with Crippen LogP contribution in [-0.2, 0) is 9.53 Å². The Bertz CT molecular complexity index is 214. The van der Waals surface area contributed by atoms with Crippen molar-refractivity contribution in [3.63, 3.8) is 0 Å². The number of hydrogen-bond donors (Lipinski definition) is 0. The average molecular weight is 196 g/mol. The van der Waals surface area contributed by atoms with Gasteiger partial charge in [-0.15, -0.1) is 0 Å². The van der Waals surface area contributed by atoms with Crippen molar-refractivity contribution in [1.82, 2.24) is 0 Å². The molecule has 0 aliphatic rings. The Balaban J connectivity index is 0. The maximum absolute atomic E-state index is 8.95. The maximum Gasteiger partial charge on any atom is 0.292 e. The van der Waals surface area contributed by atoms with Gasteiger partial charge < -0.3 is 4.74 Å². The van der Waals surface area contributed by atoms with Crippen molar-refractivity contribution >= 4 is 6.47 Å². The summed E-state index contributed by atoms with van der Waals surface area (Å²) in [5.41, 5.74) is 2.68. The molecule has 0 bridgehead atoms. The number of carbonyl (C=O) groups excluding carboxylic acids is 1. The van der Waals surface area contributed by atoms with Crippen molar-refractivity contribution in [2.75, 3.05) is 7.11 Å². The van der Waals surface area contributed by atoms with Crippen molar-refractivity contribution < 1.29 is 9.53 Å². The van der Waals surface area contributed by atoms with Crippen molar-refractivity contribution in [2.45, 2.75) is 27.7 Å². The third kappa shape index (κ3) is 10.7. The van der Waals surface area contributed by atoms with Crippen molar-refractivity contribution in [2.24, 2.45) is 0 Å². The molecule has 0 saturated heterocycles. The Hall–Kier alpha value is -1.31. The van der Waals surface area contributed by atoms with E-state index in [1.807, 2.05) is 13.8 Å². The Morgan fingerprint density at radius 2 is 1.50 bits per heavy atom. The fourth-order valence-electron chi connectivity index (χ4n) is 0.807. The van der Waals surface area contributed by atoms with E-state index in [1.54, 1.807) is 0 Å². The summed E-state index contributed by atoms with van der Waals surface area (Å²) in [5, 5.41) is 0. The normalized spacial score (nSPS) is 7.21. The summed E-state index contributed by atoms with van der Waals surface area (Å²) < 4.78 is 3.86. The zero-order valence-corrected chi connectivity index (χ0v) is 9.70. The molecule has 0 unspecified atom stereocenters. The summed E-state index contributed by atoms with van der Waals surface area (Å²) in [6, 6.07) is 8.45. The Labute approximate surface area is 86.9 Å². The highest BCUT2D eigenvalue weighted by molar-refractivity contribution is 5.36. The molecule has 0 atom stereocenters. The molecule has 0 aliphatic heterocycles. The van der Waals surface area contributed by atoms with Gasteiger partial charge in [-0.1, -0.05) is 49.2 Å². The van der Waals surface area contributed by atoms with Gasteiger partial charge in [0.1, 0.15) is 0 Å². The van der Waals surface area contributed by atoms with Crippen LogP contribution < -0.4 is 0 Å². The standard InChI is InChI=1S/C8H10.C2H4O2.C2H6/c1-7-4-3-5-8(2)6-7;1-4-2-3;1-2/h3-6H,1-2H3;2H,1H3;1-2H3. The Morgan fingerprint density at radius 3 is 1.64 bits per heavy atom. The summed E-state index contributed by atoms with van der Waals surface area (Å²) in [5.74, 6) is 0. The fourth-order valence-corrected chi connectivity index (χ4v) is 0.807. The summed E-state index contributed by atoms with van der Waals surface area (Å²) in [7, 11) is 1.31. The average Bonchev–Trinajstić information content (AvgIpc) is 2.21. The Kier molecular flexibility index (Phi) is 12.7. The van der Waals surface area contributed by atoms with Gasteiger partial charge in [-0.3, -0.25) is 4.79 Å². The second-order valence-corrected chi connectivity index (χ2v) is 2.49. The van der Waals surface area contributed by atoms with Gasteiger partial charge >= 0.3 is 0 Å². The van der Waals surface area contributed by atoms with E-state index in [0.29, 0.717) is 6.47 Å². The molecule has 0 aromatic heterocycles. The molecule has 1 aromatic carbocycles. The zero-order chi connectivity index (χ0) is 11.4. The fraction of sp³-hybridized carbons (Fsp3) is 0.417. The molecule has 0 N–H and O–H groups in total. The van der Waals surface area contributed by atoms with Crippen LogP contribution in [0.1, 0.15) is 25.0 Å². The van der Waals surface area contributed by atoms with Gasteiger partial charge in [-0.25, -0.2) is 0 Å². The molecule has 14 heavy (non-hydrogen) atoms. The second kappa shape index (κ2) is 11.7. The van der Waals surface area contributed by atoms with E-state index < -0.39 is 0 Å². The zero-order valence-electron chi connectivity index (χ0n) is 9.70. The molecule has 2 heteroatoms. The summed E-state index contributed by atoms with van der Waals surface area (Å²) in [6.45, 7) is 8.58. The van der Waals surface area contributed by atoms with Crippen LogP contribution in [0.3, 0.4) is 0 Å². The molecule has 0 radical (unpaired) electrons. The van der Waals surface area contributed by atoms with Gasteiger partial charge in [0.05, 0.1) is 7.11 Å². The first-order valence-corrected chi connectivity index (χ1v) is 4.70. The van der Waals surface area contributed by atoms with Gasteiger partial charge in [-0.2, -0.15) is 0 Å². The molecule has 2 nitrogen and oxygen atoms in total. The number of ether oxygens (including phenoxy) is 1. The van der Waals surface area contributed by atoms with Gasteiger partial charge in [0.15, 0.2) is 0 Å². The smallest absolute Gasteiger partial charge is 0.292 e. The minimum absolute atomic E-state index is 0.375. The number of rotatable bonds is 1. The third-order valence-electron chi connectivity index (χ3n) is 1.27. The molecule has 0 aliphatic carbocycles. The lowest BCUT2D eigenvalue weighted by molar-refractivity contribution is -0.126. The molecule has 0 fully saturated rings. The van der Waals surface area contributed by atoms with Crippen LogP contribution in [0.4, 0.5) is 0 Å². The Morgan fingerprint density at radius 1 is 1.14 bits per heavy atom. The summed E-state index contributed by atoms with van der Waals surface area (Å²) in [4.78, 5) is 8.95. The highest BCUT2D eigenvalue weighted by Gasteiger charge is 1.80. The van der Waals surface area contributed by atoms with Crippen molar-refractivity contribution in [1.29, 1.82) is 0 Å². The van der Waals surface area contributed by atoms with E-state index >= 15 is 0 Å². The van der Waals surface area contributed by atoms with Crippen LogP contribution in [0.25, 0.3) is 0 Å². The molecule has 1 rings (SSSR count). The van der Waals surface area contributed by atoms with Crippen LogP contribution >= 0.6 is 0 Å². The van der Waals surface area contributed by atoms with Crippen molar-refractivity contribution in [3.8, 4) is 0 Å². The maximum atomic E-state index is 8.95. The van der Waals surface area contributed by atoms with E-state index in [2.05, 4.69) is 42.8 Å². The van der Waals surface area contributed by atoms with E-state index in [-0.39, 0.29) is 0 Å². The highest BCUT2D eigenvalue weighted by atomic mass is 16.5. The SMILES string of the molecule is CC.COC=O.Cc1cccc(C)c1. The van der Waals surface area contributed by atoms with Crippen LogP contribution in [0, 0.1) is 13.8 Å². The first-order chi connectivity index (χ1) is 6.70. The second-order valence-electron chi connectivity index (χ2n) is 2.49. The molecule has 0 spiro atoms. The minimum Gasteiger partial charge on any atom is -0.471 e. The van der Waals surface area contributed by atoms with Crippen LogP contribution in [-0.4, -0.2) is 13.6 Å². The van der Waals surface area contributed by atoms with Gasteiger partial charge in [-0.05, 0) is 13.8 Å². The quantitative estimate of drug-likeness (QED) is 0.645. The largest absolute Gasteiger partial charge is 0.471 e. The topological polar surface area (TPSA) is 26.3 Å². The van der Waals surface area contributed by atoms with Crippen LogP contribution in [0.15, 0.2) is 24.3 Å². The monoisotopic (exact) mass is 196 g/mol. The van der Waals surface area contributed by atoms with Gasteiger partial charge in [0.25, 0.3) is 6.47 Å². The lowest BCUT2D eigenvalue weighted by Crippen LogP contribution is -1.71. The molecular formula is C12H20O2. The molecular weight excluding hydrogens is 176 g/mol. The van der Waals surface area contributed by atoms with Gasteiger partial charge in [0, 0.05) is 0 Å². The predicted octanol–water partition coefficient (Wildman–Crippen LogP) is 3.12. The highest BCUT2D eigenvalue weighted by Crippen LogP contribution is 2.00. The first kappa shape index (κ1) is 15.2. The molecule has 0 amide bonds. The van der Waals surface area contributed by atoms with E-state index in [1.165, 1.54) is 18.2 Å². The lowest BCUT2D eigenvalue weighted by atomic mass is 10.2. The number of aryl methyl sites for hydroxylation is 2. The molecule has 0 saturated carbocycles. The molecule has 80 valence electrons. The van der Waals surface area contributed by atoms with E-state index in [9.17, 15) is 0 Å². The summed E-state index contributed by atoms with van der Waals surface area (Å²) in [6.07, 6.45) is 0. The summed E-state index contributed by atoms with van der Waals surface area (Å²) >= 11 is 0. The molecule has 1 aromatic rings. The third-order valence-corrected chi connectivity index (χ3v) is 1.27. The van der Waals surface area contributed by atoms with Gasteiger partial charge in [0.2, 0.25) is 0 Å². The predicted molar refractivity (Wildman–Crippen MR) is 60.3 cm³/mol. The molecule has 0 heterocycles. The number of hydrogen-bond acceptors (Lipinski definition) is 2.